The summed E-state index contributed by atoms with van der Waals surface area (Å²) >= 11 is 3.41. The van der Waals surface area contributed by atoms with E-state index in [0.717, 1.165) is 16.7 Å². The first kappa shape index (κ1) is 14.0. The summed E-state index contributed by atoms with van der Waals surface area (Å²) in [4.78, 5) is 14.4. The highest BCUT2D eigenvalue weighted by molar-refractivity contribution is 9.10. The fraction of sp³-hybridized carbons (Fsp3) is 0.267. The third-order valence-corrected chi connectivity index (χ3v) is 4.00. The maximum atomic E-state index is 12.6. The maximum Gasteiger partial charge on any atom is 0.274 e. The predicted molar refractivity (Wildman–Crippen MR) is 83.4 cm³/mol. The van der Waals surface area contributed by atoms with Crippen molar-refractivity contribution < 1.29 is 14.3 Å². The smallest absolute Gasteiger partial charge is 0.274 e. The molecule has 1 aromatic heterocycles. The van der Waals surface area contributed by atoms with Crippen molar-refractivity contribution in [1.82, 2.24) is 4.57 Å². The van der Waals surface area contributed by atoms with E-state index < -0.39 is 0 Å². The van der Waals surface area contributed by atoms with E-state index in [1.807, 2.05) is 35.0 Å². The second kappa shape index (κ2) is 5.44. The summed E-state index contributed by atoms with van der Waals surface area (Å²) in [7, 11) is 3.18. The summed E-state index contributed by atoms with van der Waals surface area (Å²) in [6.45, 7) is 1.39. The number of amides is 1. The number of rotatable bonds is 3. The van der Waals surface area contributed by atoms with Crippen LogP contribution in [0.25, 0.3) is 0 Å². The van der Waals surface area contributed by atoms with Gasteiger partial charge in [0.1, 0.15) is 5.69 Å². The second-order valence-corrected chi connectivity index (χ2v) is 5.65. The molecule has 5 nitrogen and oxygen atoms in total. The Morgan fingerprint density at radius 2 is 1.86 bits per heavy atom. The lowest BCUT2D eigenvalue weighted by Crippen LogP contribution is -2.39. The first-order chi connectivity index (χ1) is 10.1. The van der Waals surface area contributed by atoms with Crippen LogP contribution in [0.4, 0.5) is 5.69 Å². The lowest BCUT2D eigenvalue weighted by molar-refractivity contribution is 0.0965. The molecule has 3 rings (SSSR count). The third kappa shape index (κ3) is 2.40. The summed E-state index contributed by atoms with van der Waals surface area (Å²) in [6.07, 6.45) is 1.93. The minimum atomic E-state index is -0.0147. The highest BCUT2D eigenvalue weighted by Crippen LogP contribution is 2.33. The van der Waals surface area contributed by atoms with Crippen LogP contribution < -0.4 is 14.4 Å². The monoisotopic (exact) mass is 350 g/mol. The summed E-state index contributed by atoms with van der Waals surface area (Å²) in [5.74, 6) is 1.25. The Morgan fingerprint density at radius 3 is 2.57 bits per heavy atom. The number of aromatic nitrogens is 1. The Labute approximate surface area is 131 Å². The van der Waals surface area contributed by atoms with Crippen molar-refractivity contribution in [1.29, 1.82) is 0 Å². The molecule has 0 N–H and O–H groups in total. The number of carbonyl (C=O) groups excluding carboxylic acids is 1. The Morgan fingerprint density at radius 1 is 1.10 bits per heavy atom. The molecule has 0 saturated heterocycles. The highest BCUT2D eigenvalue weighted by atomic mass is 79.9. The number of hydrogen-bond acceptors (Lipinski definition) is 3. The second-order valence-electron chi connectivity index (χ2n) is 4.73. The van der Waals surface area contributed by atoms with Crippen molar-refractivity contribution in [3.63, 3.8) is 0 Å². The fourth-order valence-corrected chi connectivity index (χ4v) is 2.99. The maximum absolute atomic E-state index is 12.6. The molecule has 110 valence electrons. The van der Waals surface area contributed by atoms with Crippen LogP contribution in [-0.2, 0) is 6.54 Å². The topological polar surface area (TPSA) is 43.7 Å². The van der Waals surface area contributed by atoms with Crippen LogP contribution in [0.5, 0.6) is 11.5 Å². The van der Waals surface area contributed by atoms with E-state index >= 15 is 0 Å². The zero-order valence-corrected chi connectivity index (χ0v) is 13.4. The van der Waals surface area contributed by atoms with E-state index in [4.69, 9.17) is 9.47 Å². The molecule has 0 spiro atoms. The molecule has 0 aliphatic carbocycles. The van der Waals surface area contributed by atoms with E-state index in [-0.39, 0.29) is 5.91 Å². The van der Waals surface area contributed by atoms with Crippen molar-refractivity contribution in [2.24, 2.45) is 0 Å². The number of carbonyl (C=O) groups is 1. The summed E-state index contributed by atoms with van der Waals surface area (Å²) in [5, 5.41) is 0. The average Bonchev–Trinajstić information content (AvgIpc) is 2.88. The van der Waals surface area contributed by atoms with Crippen molar-refractivity contribution in [3.8, 4) is 11.5 Å². The van der Waals surface area contributed by atoms with Crippen molar-refractivity contribution >= 4 is 27.5 Å². The molecule has 1 aliphatic heterocycles. The van der Waals surface area contributed by atoms with Gasteiger partial charge in [0.15, 0.2) is 11.5 Å². The number of fused-ring (bicyclic) bond motifs is 1. The molecule has 0 unspecified atom stereocenters. The number of anilines is 1. The number of benzene rings is 1. The first-order valence-corrected chi connectivity index (χ1v) is 7.33. The molecule has 1 amide bonds. The molecule has 0 fully saturated rings. The van der Waals surface area contributed by atoms with Gasteiger partial charge >= 0.3 is 0 Å². The SMILES string of the molecule is COc1ccc(N2CCn3cc(Br)cc3C2=O)cc1OC. The van der Waals surface area contributed by atoms with Crippen LogP contribution in [0.3, 0.4) is 0 Å². The van der Waals surface area contributed by atoms with Gasteiger partial charge in [-0.2, -0.15) is 0 Å². The third-order valence-electron chi connectivity index (χ3n) is 3.57. The van der Waals surface area contributed by atoms with Gasteiger partial charge in [0, 0.05) is 35.5 Å². The number of nitrogens with zero attached hydrogens (tertiary/aromatic N) is 2. The molecule has 0 radical (unpaired) electrons. The van der Waals surface area contributed by atoms with Crippen molar-refractivity contribution in [3.05, 3.63) is 40.6 Å². The molecule has 2 heterocycles. The first-order valence-electron chi connectivity index (χ1n) is 6.53. The molecular weight excluding hydrogens is 336 g/mol. The van der Waals surface area contributed by atoms with Gasteiger partial charge < -0.3 is 18.9 Å². The normalized spacial score (nSPS) is 14.0. The lowest BCUT2D eigenvalue weighted by Gasteiger charge is -2.28. The van der Waals surface area contributed by atoms with E-state index in [2.05, 4.69) is 15.9 Å². The molecule has 21 heavy (non-hydrogen) atoms. The largest absolute Gasteiger partial charge is 0.493 e. The Balaban J connectivity index is 1.96. The van der Waals surface area contributed by atoms with Gasteiger partial charge in [-0.25, -0.2) is 0 Å². The van der Waals surface area contributed by atoms with Gasteiger partial charge in [-0.05, 0) is 34.1 Å². The summed E-state index contributed by atoms with van der Waals surface area (Å²) < 4.78 is 13.4. The average molecular weight is 351 g/mol. The minimum Gasteiger partial charge on any atom is -0.493 e. The molecule has 2 aromatic rings. The van der Waals surface area contributed by atoms with Gasteiger partial charge in [0.05, 0.1) is 14.2 Å². The molecule has 1 aromatic carbocycles. The van der Waals surface area contributed by atoms with Gasteiger partial charge in [0.25, 0.3) is 5.91 Å². The van der Waals surface area contributed by atoms with E-state index in [1.54, 1.807) is 19.1 Å². The Bertz CT molecular complexity index is 696. The minimum absolute atomic E-state index is 0.0147. The van der Waals surface area contributed by atoms with Crippen LogP contribution in [-0.4, -0.2) is 31.2 Å². The quantitative estimate of drug-likeness (QED) is 0.854. The Kier molecular flexibility index (Phi) is 3.63. The number of hydrogen-bond donors (Lipinski definition) is 0. The predicted octanol–water partition coefficient (Wildman–Crippen LogP) is 2.93. The zero-order valence-electron chi connectivity index (χ0n) is 11.8. The molecule has 0 bridgehead atoms. The van der Waals surface area contributed by atoms with Gasteiger partial charge in [-0.15, -0.1) is 0 Å². The van der Waals surface area contributed by atoms with E-state index in [9.17, 15) is 4.79 Å². The lowest BCUT2D eigenvalue weighted by atomic mass is 10.2. The molecule has 6 heteroatoms. The van der Waals surface area contributed by atoms with Gasteiger partial charge in [0.2, 0.25) is 0 Å². The van der Waals surface area contributed by atoms with E-state index in [0.29, 0.717) is 23.7 Å². The van der Waals surface area contributed by atoms with Gasteiger partial charge in [-0.3, -0.25) is 4.79 Å². The number of ether oxygens (including phenoxy) is 2. The fourth-order valence-electron chi connectivity index (χ4n) is 2.53. The van der Waals surface area contributed by atoms with Crippen LogP contribution in [0.1, 0.15) is 10.5 Å². The highest BCUT2D eigenvalue weighted by Gasteiger charge is 2.26. The number of halogens is 1. The Hall–Kier alpha value is -1.95. The molecule has 0 saturated carbocycles. The molecule has 1 aliphatic rings. The molecule has 0 atom stereocenters. The summed E-state index contributed by atoms with van der Waals surface area (Å²) in [6, 6.07) is 7.34. The van der Waals surface area contributed by atoms with Crippen LogP contribution in [0.15, 0.2) is 34.9 Å². The number of methoxy groups -OCH3 is 2. The van der Waals surface area contributed by atoms with Gasteiger partial charge in [-0.1, -0.05) is 0 Å². The standard InChI is InChI=1S/C15H15BrN2O3/c1-20-13-4-3-11(8-14(13)21-2)18-6-5-17-9-10(16)7-12(17)15(18)19/h3-4,7-9H,5-6H2,1-2H3. The van der Waals surface area contributed by atoms with Crippen LogP contribution in [0, 0.1) is 0 Å². The van der Waals surface area contributed by atoms with E-state index in [1.165, 1.54) is 0 Å². The van der Waals surface area contributed by atoms with Crippen LogP contribution in [0.2, 0.25) is 0 Å². The zero-order chi connectivity index (χ0) is 15.0. The van der Waals surface area contributed by atoms with Crippen LogP contribution >= 0.6 is 15.9 Å². The van der Waals surface area contributed by atoms with Crippen molar-refractivity contribution in [2.75, 3.05) is 25.7 Å². The van der Waals surface area contributed by atoms with Crippen molar-refractivity contribution in [2.45, 2.75) is 6.54 Å². The summed E-state index contributed by atoms with van der Waals surface area (Å²) in [5.41, 5.74) is 1.49. The molecular formula is C15H15BrN2O3.